The molecule has 4 aromatic rings. The molecule has 3 N–H and O–H groups in total. The molecule has 1 aromatic heterocycles. The molecule has 0 unspecified atom stereocenters. The maximum atomic E-state index is 13.4. The van der Waals surface area contributed by atoms with Crippen LogP contribution in [0.2, 0.25) is 0 Å². The molecule has 1 aliphatic rings. The number of ether oxygens (including phenoxy) is 2. The molecule has 0 radical (unpaired) electrons. The predicted octanol–water partition coefficient (Wildman–Crippen LogP) is 4.57. The molecule has 0 spiro atoms. The minimum Gasteiger partial charge on any atom is -0.476 e. The van der Waals surface area contributed by atoms with Crippen LogP contribution in [0.15, 0.2) is 85.1 Å². The number of carbonyl (C=O) groups excluding carboxylic acids is 2. The van der Waals surface area contributed by atoms with Crippen molar-refractivity contribution in [2.75, 3.05) is 11.9 Å². The van der Waals surface area contributed by atoms with Gasteiger partial charge in [0.25, 0.3) is 0 Å². The van der Waals surface area contributed by atoms with Crippen molar-refractivity contribution < 1.29 is 29.0 Å². The first-order valence-electron chi connectivity index (χ1n) is 13.2. The maximum Gasteiger partial charge on any atom is 0.407 e. The lowest BCUT2D eigenvalue weighted by molar-refractivity contribution is -0.121. The first-order valence-corrected chi connectivity index (χ1v) is 13.2. The number of aromatic carboxylic acids is 1. The highest BCUT2D eigenvalue weighted by Crippen LogP contribution is 2.44. The average molecular weight is 555 g/mol. The van der Waals surface area contributed by atoms with Crippen molar-refractivity contribution in [3.8, 4) is 11.1 Å². The van der Waals surface area contributed by atoms with Gasteiger partial charge in [-0.3, -0.25) is 9.48 Å². The molecule has 3 aromatic carbocycles. The largest absolute Gasteiger partial charge is 0.476 e. The quantitative estimate of drug-likeness (QED) is 0.262. The molecular formula is C31H30N4O6. The molecule has 10 heteroatoms. The Labute approximate surface area is 236 Å². The van der Waals surface area contributed by atoms with Crippen molar-refractivity contribution >= 4 is 23.7 Å². The highest BCUT2D eigenvalue weighted by molar-refractivity contribution is 6.02. The van der Waals surface area contributed by atoms with E-state index in [9.17, 15) is 19.5 Å². The lowest BCUT2D eigenvalue weighted by atomic mass is 9.98. The van der Waals surface area contributed by atoms with Gasteiger partial charge in [-0.25, -0.2) is 9.59 Å². The fraction of sp³-hybridized carbons (Fsp3) is 0.226. The van der Waals surface area contributed by atoms with Gasteiger partial charge in [-0.1, -0.05) is 78.9 Å². The minimum absolute atomic E-state index is 0.000374. The van der Waals surface area contributed by atoms with Crippen LogP contribution in [0.5, 0.6) is 0 Å². The Morgan fingerprint density at radius 3 is 2.20 bits per heavy atom. The van der Waals surface area contributed by atoms with Crippen molar-refractivity contribution in [3.05, 3.63) is 107 Å². The standard InChI is InChI=1S/C31H30N4O6/c1-19(40-17-20-10-4-3-5-11-20)27(29(36)33-26-16-32-35(2)28(26)30(37)38)34-31(39)41-18-25-23-14-8-6-12-21(23)22-13-7-9-15-24(22)25/h3-16,19,25,27H,17-18H2,1-2H3,(H,33,36)(H,34,39)(H,37,38)/t19-,27+/m0/s1. The second kappa shape index (κ2) is 12.1. The Morgan fingerprint density at radius 2 is 1.56 bits per heavy atom. The zero-order chi connectivity index (χ0) is 28.9. The summed E-state index contributed by atoms with van der Waals surface area (Å²) >= 11 is 0. The van der Waals surface area contributed by atoms with Gasteiger partial charge in [0.15, 0.2) is 5.69 Å². The molecule has 2 amide bonds. The zero-order valence-electron chi connectivity index (χ0n) is 22.6. The number of carbonyl (C=O) groups is 3. The molecule has 0 fully saturated rings. The summed E-state index contributed by atoms with van der Waals surface area (Å²) in [6.07, 6.45) is -0.353. The van der Waals surface area contributed by atoms with E-state index in [0.29, 0.717) is 0 Å². The van der Waals surface area contributed by atoms with Gasteiger partial charge in [0.2, 0.25) is 5.91 Å². The number of alkyl carbamates (subject to hydrolysis) is 1. The number of carboxylic acid groups (broad SMARTS) is 1. The summed E-state index contributed by atoms with van der Waals surface area (Å²) in [6.45, 7) is 1.92. The molecule has 0 bridgehead atoms. The van der Waals surface area contributed by atoms with E-state index in [-0.39, 0.29) is 30.5 Å². The second-order valence-electron chi connectivity index (χ2n) is 9.77. The molecule has 0 saturated carbocycles. The third kappa shape index (κ3) is 5.97. The van der Waals surface area contributed by atoms with Crippen LogP contribution in [0.25, 0.3) is 11.1 Å². The summed E-state index contributed by atoms with van der Waals surface area (Å²) in [6, 6.07) is 24.2. The number of carboxylic acids is 1. The number of anilines is 1. The summed E-state index contributed by atoms with van der Waals surface area (Å²) in [5.74, 6) is -2.08. The van der Waals surface area contributed by atoms with Gasteiger partial charge >= 0.3 is 12.1 Å². The highest BCUT2D eigenvalue weighted by atomic mass is 16.5. The van der Waals surface area contributed by atoms with E-state index in [1.165, 1.54) is 13.2 Å². The van der Waals surface area contributed by atoms with E-state index in [1.54, 1.807) is 6.92 Å². The van der Waals surface area contributed by atoms with Gasteiger partial charge in [0.1, 0.15) is 12.6 Å². The summed E-state index contributed by atoms with van der Waals surface area (Å²) in [5, 5.41) is 18.7. The lowest BCUT2D eigenvalue weighted by Crippen LogP contribution is -2.51. The molecule has 2 atom stereocenters. The number of nitrogens with one attached hydrogen (secondary N) is 2. The van der Waals surface area contributed by atoms with Gasteiger partial charge in [-0.05, 0) is 34.7 Å². The topological polar surface area (TPSA) is 132 Å². The molecule has 10 nitrogen and oxygen atoms in total. The van der Waals surface area contributed by atoms with Crippen molar-refractivity contribution in [2.24, 2.45) is 7.05 Å². The molecular weight excluding hydrogens is 524 g/mol. The minimum atomic E-state index is -1.25. The average Bonchev–Trinajstić information content (AvgIpc) is 3.51. The van der Waals surface area contributed by atoms with Crippen molar-refractivity contribution in [1.82, 2.24) is 15.1 Å². The molecule has 1 aliphatic carbocycles. The van der Waals surface area contributed by atoms with Crippen LogP contribution in [0.1, 0.15) is 40.0 Å². The Balaban J connectivity index is 1.31. The van der Waals surface area contributed by atoms with Crippen molar-refractivity contribution in [1.29, 1.82) is 0 Å². The van der Waals surface area contributed by atoms with E-state index in [4.69, 9.17) is 9.47 Å². The van der Waals surface area contributed by atoms with Crippen molar-refractivity contribution in [2.45, 2.75) is 31.6 Å². The summed E-state index contributed by atoms with van der Waals surface area (Å²) in [4.78, 5) is 38.1. The van der Waals surface area contributed by atoms with Gasteiger partial charge in [-0.2, -0.15) is 5.10 Å². The Bertz CT molecular complexity index is 1520. The van der Waals surface area contributed by atoms with E-state index in [2.05, 4.69) is 15.7 Å². The van der Waals surface area contributed by atoms with E-state index in [0.717, 1.165) is 32.5 Å². The third-order valence-electron chi connectivity index (χ3n) is 7.12. The Hall–Kier alpha value is -4.96. The predicted molar refractivity (Wildman–Crippen MR) is 151 cm³/mol. The van der Waals surface area contributed by atoms with Crippen molar-refractivity contribution in [3.63, 3.8) is 0 Å². The Kier molecular flexibility index (Phi) is 8.11. The zero-order valence-corrected chi connectivity index (χ0v) is 22.6. The summed E-state index contributed by atoms with van der Waals surface area (Å²) < 4.78 is 12.7. The molecule has 0 saturated heterocycles. The van der Waals surface area contributed by atoms with Gasteiger partial charge in [-0.15, -0.1) is 0 Å². The van der Waals surface area contributed by atoms with Crippen LogP contribution in [0.3, 0.4) is 0 Å². The number of rotatable bonds is 10. The molecule has 210 valence electrons. The van der Waals surface area contributed by atoms with Crippen LogP contribution in [0.4, 0.5) is 10.5 Å². The van der Waals surface area contributed by atoms with Gasteiger partial charge in [0, 0.05) is 13.0 Å². The van der Waals surface area contributed by atoms with Crippen LogP contribution >= 0.6 is 0 Å². The maximum absolute atomic E-state index is 13.4. The van der Waals surface area contributed by atoms with Crippen LogP contribution < -0.4 is 10.6 Å². The fourth-order valence-electron chi connectivity index (χ4n) is 5.05. The van der Waals surface area contributed by atoms with E-state index >= 15 is 0 Å². The lowest BCUT2D eigenvalue weighted by Gasteiger charge is -2.25. The number of aromatic nitrogens is 2. The smallest absolute Gasteiger partial charge is 0.407 e. The van der Waals surface area contributed by atoms with Crippen LogP contribution in [-0.4, -0.2) is 51.6 Å². The number of fused-ring (bicyclic) bond motifs is 3. The molecule has 0 aliphatic heterocycles. The highest BCUT2D eigenvalue weighted by Gasteiger charge is 2.32. The molecule has 5 rings (SSSR count). The van der Waals surface area contributed by atoms with Gasteiger partial charge in [0.05, 0.1) is 24.6 Å². The SMILES string of the molecule is C[C@H](OCc1ccccc1)[C@@H](NC(=O)OCC1c2ccccc2-c2ccccc21)C(=O)Nc1cnn(C)c1C(=O)O. The summed E-state index contributed by atoms with van der Waals surface area (Å²) in [7, 11) is 1.46. The fourth-order valence-corrected chi connectivity index (χ4v) is 5.05. The first kappa shape index (κ1) is 27.6. The summed E-state index contributed by atoms with van der Waals surface area (Å²) in [5.41, 5.74) is 5.02. The molecule has 41 heavy (non-hydrogen) atoms. The van der Waals surface area contributed by atoms with E-state index < -0.39 is 30.1 Å². The van der Waals surface area contributed by atoms with Crippen LogP contribution in [0, 0.1) is 0 Å². The monoisotopic (exact) mass is 554 g/mol. The first-order chi connectivity index (χ1) is 19.8. The van der Waals surface area contributed by atoms with Crippen LogP contribution in [-0.2, 0) is 27.9 Å². The number of nitrogens with zero attached hydrogens (tertiary/aromatic N) is 2. The Morgan fingerprint density at radius 1 is 0.951 bits per heavy atom. The third-order valence-corrected chi connectivity index (χ3v) is 7.12. The second-order valence-corrected chi connectivity index (χ2v) is 9.77. The number of hydrogen-bond donors (Lipinski definition) is 3. The number of amides is 2. The molecule has 1 heterocycles. The number of aryl methyl sites for hydroxylation is 1. The number of hydrogen-bond acceptors (Lipinski definition) is 6. The normalized spacial score (nSPS) is 13.5. The van der Waals surface area contributed by atoms with E-state index in [1.807, 2.05) is 78.9 Å². The number of benzene rings is 3. The van der Waals surface area contributed by atoms with Gasteiger partial charge < -0.3 is 25.2 Å².